The molecule has 0 aliphatic carbocycles. The standard InChI is InChI=1S/C23H28N6O/c30-21(28-12-4-5-13-28)16-29-14-6-9-20(29)19-11-10-18-22(26-27-23(18)25-19)24-15-17-7-2-1-3-8-17/h1-3,7-8,10-11,20H,4-6,9,12-16H2,(H2,24,25,26,27)/t20-/m0/s1. The number of rotatable bonds is 6. The van der Waals surface area contributed by atoms with Gasteiger partial charge in [-0.1, -0.05) is 30.3 Å². The van der Waals surface area contributed by atoms with E-state index in [2.05, 4.69) is 44.7 Å². The predicted molar refractivity (Wildman–Crippen MR) is 117 cm³/mol. The fraction of sp³-hybridized carbons (Fsp3) is 0.435. The Hall–Kier alpha value is -2.93. The molecule has 1 aromatic carbocycles. The largest absolute Gasteiger partial charge is 0.364 e. The molecule has 1 amide bonds. The smallest absolute Gasteiger partial charge is 0.236 e. The van der Waals surface area contributed by atoms with Gasteiger partial charge in [0, 0.05) is 19.6 Å². The van der Waals surface area contributed by atoms with E-state index in [0.717, 1.165) is 74.4 Å². The normalized spacial score (nSPS) is 19.6. The number of hydrogen-bond donors (Lipinski definition) is 2. The lowest BCUT2D eigenvalue weighted by Crippen LogP contribution is -2.38. The molecule has 2 aromatic heterocycles. The van der Waals surface area contributed by atoms with Gasteiger partial charge in [-0.05, 0) is 49.9 Å². The van der Waals surface area contributed by atoms with Crippen LogP contribution in [0.5, 0.6) is 0 Å². The van der Waals surface area contributed by atoms with Crippen molar-refractivity contribution in [1.29, 1.82) is 0 Å². The van der Waals surface area contributed by atoms with Crippen LogP contribution in [0, 0.1) is 0 Å². The maximum Gasteiger partial charge on any atom is 0.236 e. The molecule has 0 spiro atoms. The van der Waals surface area contributed by atoms with Crippen molar-refractivity contribution in [2.75, 3.05) is 31.5 Å². The number of carbonyl (C=O) groups excluding carboxylic acids is 1. The van der Waals surface area contributed by atoms with Crippen LogP contribution in [0.4, 0.5) is 5.82 Å². The van der Waals surface area contributed by atoms with Crippen LogP contribution in [-0.4, -0.2) is 57.1 Å². The van der Waals surface area contributed by atoms with E-state index in [4.69, 9.17) is 4.98 Å². The van der Waals surface area contributed by atoms with Gasteiger partial charge in [0.05, 0.1) is 23.7 Å². The minimum absolute atomic E-state index is 0.199. The van der Waals surface area contributed by atoms with Crippen LogP contribution in [0.3, 0.4) is 0 Å². The molecular weight excluding hydrogens is 376 g/mol. The Morgan fingerprint density at radius 1 is 1.07 bits per heavy atom. The van der Waals surface area contributed by atoms with Gasteiger partial charge in [0.15, 0.2) is 11.5 Å². The summed E-state index contributed by atoms with van der Waals surface area (Å²) in [7, 11) is 0. The first-order valence-electron chi connectivity index (χ1n) is 10.9. The Morgan fingerprint density at radius 2 is 1.90 bits per heavy atom. The van der Waals surface area contributed by atoms with E-state index in [1.54, 1.807) is 0 Å². The summed E-state index contributed by atoms with van der Waals surface area (Å²) in [6, 6.07) is 14.7. The molecule has 2 N–H and O–H groups in total. The molecule has 2 fully saturated rings. The third kappa shape index (κ3) is 3.89. The topological polar surface area (TPSA) is 77.1 Å². The molecule has 7 heteroatoms. The van der Waals surface area contributed by atoms with E-state index < -0.39 is 0 Å². The molecule has 2 aliphatic rings. The zero-order valence-electron chi connectivity index (χ0n) is 17.2. The Morgan fingerprint density at radius 3 is 2.73 bits per heavy atom. The monoisotopic (exact) mass is 404 g/mol. The number of carbonyl (C=O) groups is 1. The number of amides is 1. The number of H-pyrrole nitrogens is 1. The summed E-state index contributed by atoms with van der Waals surface area (Å²) in [5.74, 6) is 1.08. The lowest BCUT2D eigenvalue weighted by atomic mass is 10.1. The van der Waals surface area contributed by atoms with E-state index >= 15 is 0 Å². The number of pyridine rings is 1. The summed E-state index contributed by atoms with van der Waals surface area (Å²) in [6.45, 7) is 3.99. The summed E-state index contributed by atoms with van der Waals surface area (Å²) in [6.07, 6.45) is 4.41. The van der Waals surface area contributed by atoms with Crippen molar-refractivity contribution in [3.05, 3.63) is 53.7 Å². The number of aromatic nitrogens is 3. The van der Waals surface area contributed by atoms with E-state index in [1.165, 1.54) is 5.56 Å². The molecule has 1 atom stereocenters. The van der Waals surface area contributed by atoms with Crippen molar-refractivity contribution < 1.29 is 4.79 Å². The zero-order valence-corrected chi connectivity index (χ0v) is 17.2. The van der Waals surface area contributed by atoms with Crippen molar-refractivity contribution >= 4 is 22.8 Å². The number of anilines is 1. The molecule has 2 aliphatic heterocycles. The second-order valence-corrected chi connectivity index (χ2v) is 8.26. The first-order valence-corrected chi connectivity index (χ1v) is 10.9. The highest BCUT2D eigenvalue weighted by Gasteiger charge is 2.30. The van der Waals surface area contributed by atoms with Crippen molar-refractivity contribution in [1.82, 2.24) is 25.0 Å². The Kier molecular flexibility index (Phi) is 5.36. The van der Waals surface area contributed by atoms with Gasteiger partial charge < -0.3 is 10.2 Å². The summed E-state index contributed by atoms with van der Waals surface area (Å²) in [5, 5.41) is 11.9. The maximum atomic E-state index is 12.6. The quantitative estimate of drug-likeness (QED) is 0.659. The molecule has 30 heavy (non-hydrogen) atoms. The van der Waals surface area contributed by atoms with E-state index in [9.17, 15) is 4.79 Å². The number of fused-ring (bicyclic) bond motifs is 1. The van der Waals surface area contributed by atoms with Crippen LogP contribution in [0.15, 0.2) is 42.5 Å². The second-order valence-electron chi connectivity index (χ2n) is 8.26. The molecule has 0 radical (unpaired) electrons. The van der Waals surface area contributed by atoms with Gasteiger partial charge in [-0.25, -0.2) is 4.98 Å². The zero-order chi connectivity index (χ0) is 20.3. The van der Waals surface area contributed by atoms with Crippen LogP contribution in [0.25, 0.3) is 11.0 Å². The SMILES string of the molecule is O=C(CN1CCC[C@H]1c1ccc2c(NCc3ccccc3)n[nH]c2n1)N1CCCC1. The minimum atomic E-state index is 0.199. The Labute approximate surface area is 176 Å². The van der Waals surface area contributed by atoms with Gasteiger partial charge in [-0.15, -0.1) is 0 Å². The van der Waals surface area contributed by atoms with E-state index in [1.807, 2.05) is 23.1 Å². The number of aromatic amines is 1. The summed E-state index contributed by atoms with van der Waals surface area (Å²) < 4.78 is 0. The molecule has 3 aromatic rings. The fourth-order valence-electron chi connectivity index (χ4n) is 4.61. The Bertz CT molecular complexity index is 1010. The first kappa shape index (κ1) is 19.1. The summed E-state index contributed by atoms with van der Waals surface area (Å²) in [5.41, 5.74) is 3.02. The number of nitrogens with zero attached hydrogens (tertiary/aromatic N) is 4. The highest BCUT2D eigenvalue weighted by atomic mass is 16.2. The van der Waals surface area contributed by atoms with Crippen LogP contribution in [0.2, 0.25) is 0 Å². The van der Waals surface area contributed by atoms with Crippen molar-refractivity contribution in [3.63, 3.8) is 0 Å². The molecule has 0 saturated carbocycles. The van der Waals surface area contributed by atoms with E-state index in [-0.39, 0.29) is 11.9 Å². The minimum Gasteiger partial charge on any atom is -0.364 e. The number of hydrogen-bond acceptors (Lipinski definition) is 5. The number of nitrogens with one attached hydrogen (secondary N) is 2. The molecular formula is C23H28N6O. The predicted octanol–water partition coefficient (Wildman–Crippen LogP) is 3.33. The summed E-state index contributed by atoms with van der Waals surface area (Å²) in [4.78, 5) is 21.8. The highest BCUT2D eigenvalue weighted by Crippen LogP contribution is 2.32. The average Bonchev–Trinajstić information content (AvgIpc) is 3.53. The van der Waals surface area contributed by atoms with Crippen LogP contribution < -0.4 is 5.32 Å². The third-order valence-electron chi connectivity index (χ3n) is 6.25. The van der Waals surface area contributed by atoms with Gasteiger partial charge in [0.2, 0.25) is 5.91 Å². The Balaban J connectivity index is 1.29. The average molecular weight is 405 g/mol. The highest BCUT2D eigenvalue weighted by molar-refractivity contribution is 5.87. The first-order chi connectivity index (χ1) is 14.8. The van der Waals surface area contributed by atoms with Gasteiger partial charge in [0.1, 0.15) is 0 Å². The van der Waals surface area contributed by atoms with Gasteiger partial charge >= 0.3 is 0 Å². The molecule has 4 heterocycles. The number of benzene rings is 1. The molecule has 156 valence electrons. The van der Waals surface area contributed by atoms with Crippen molar-refractivity contribution in [2.45, 2.75) is 38.3 Å². The van der Waals surface area contributed by atoms with Crippen LogP contribution in [-0.2, 0) is 11.3 Å². The maximum absolute atomic E-state index is 12.6. The third-order valence-corrected chi connectivity index (χ3v) is 6.25. The van der Waals surface area contributed by atoms with Crippen LogP contribution in [0.1, 0.15) is 43.0 Å². The lowest BCUT2D eigenvalue weighted by molar-refractivity contribution is -0.131. The van der Waals surface area contributed by atoms with Gasteiger partial charge in [-0.3, -0.25) is 14.8 Å². The van der Waals surface area contributed by atoms with Gasteiger partial charge in [-0.2, -0.15) is 5.10 Å². The van der Waals surface area contributed by atoms with Crippen LogP contribution >= 0.6 is 0 Å². The van der Waals surface area contributed by atoms with E-state index in [0.29, 0.717) is 6.54 Å². The second kappa shape index (κ2) is 8.44. The molecule has 2 saturated heterocycles. The molecule has 7 nitrogen and oxygen atoms in total. The molecule has 5 rings (SSSR count). The molecule has 0 bridgehead atoms. The lowest BCUT2D eigenvalue weighted by Gasteiger charge is -2.26. The number of likely N-dealkylation sites (tertiary alicyclic amines) is 2. The van der Waals surface area contributed by atoms with Crippen molar-refractivity contribution in [3.8, 4) is 0 Å². The van der Waals surface area contributed by atoms with Crippen molar-refractivity contribution in [2.24, 2.45) is 0 Å². The fourth-order valence-corrected chi connectivity index (χ4v) is 4.61. The van der Waals surface area contributed by atoms with Gasteiger partial charge in [0.25, 0.3) is 0 Å². The summed E-state index contributed by atoms with van der Waals surface area (Å²) >= 11 is 0. The molecule has 0 unspecified atom stereocenters.